The fourth-order valence-corrected chi connectivity index (χ4v) is 2.94. The van der Waals surface area contributed by atoms with E-state index in [1.807, 2.05) is 11.9 Å². The van der Waals surface area contributed by atoms with E-state index < -0.39 is 0 Å². The van der Waals surface area contributed by atoms with E-state index in [0.717, 1.165) is 25.9 Å². The van der Waals surface area contributed by atoms with Gasteiger partial charge in [-0.05, 0) is 25.8 Å². The lowest BCUT2D eigenvalue weighted by Crippen LogP contribution is -2.44. The van der Waals surface area contributed by atoms with E-state index in [9.17, 15) is 4.79 Å². The summed E-state index contributed by atoms with van der Waals surface area (Å²) >= 11 is 0. The number of piperidine rings is 1. The first-order chi connectivity index (χ1) is 9.74. The monoisotopic (exact) mass is 282 g/mol. The number of amides is 1. The second-order valence-corrected chi connectivity index (χ2v) is 6.29. The molecule has 1 heterocycles. The van der Waals surface area contributed by atoms with Crippen molar-refractivity contribution in [1.82, 2.24) is 10.2 Å². The normalized spacial score (nSPS) is 19.0. The molecule has 0 aromatic rings. The Bertz CT molecular complexity index is 249. The molecule has 1 fully saturated rings. The number of nitrogens with zero attached hydrogens (tertiary/aromatic N) is 1. The highest BCUT2D eigenvalue weighted by Crippen LogP contribution is 2.11. The summed E-state index contributed by atoms with van der Waals surface area (Å²) < 4.78 is 0. The van der Waals surface area contributed by atoms with E-state index in [2.05, 4.69) is 12.2 Å². The molecule has 3 heteroatoms. The molecule has 20 heavy (non-hydrogen) atoms. The summed E-state index contributed by atoms with van der Waals surface area (Å²) in [7, 11) is 1.96. The number of rotatable bonds is 10. The van der Waals surface area contributed by atoms with Crippen molar-refractivity contribution < 1.29 is 4.79 Å². The second kappa shape index (κ2) is 11.1. The van der Waals surface area contributed by atoms with Gasteiger partial charge >= 0.3 is 0 Å². The molecule has 1 aliphatic rings. The van der Waals surface area contributed by atoms with Crippen LogP contribution >= 0.6 is 0 Å². The van der Waals surface area contributed by atoms with Crippen LogP contribution in [0.1, 0.15) is 77.6 Å². The van der Waals surface area contributed by atoms with E-state index in [4.69, 9.17) is 0 Å². The molecule has 1 rings (SSSR count). The van der Waals surface area contributed by atoms with Crippen LogP contribution in [-0.2, 0) is 4.79 Å². The average molecular weight is 282 g/mol. The van der Waals surface area contributed by atoms with Crippen LogP contribution in [-0.4, -0.2) is 37.0 Å². The van der Waals surface area contributed by atoms with Gasteiger partial charge in [0, 0.05) is 26.1 Å². The first-order valence-electron chi connectivity index (χ1n) is 8.71. The summed E-state index contributed by atoms with van der Waals surface area (Å²) in [6, 6.07) is 0.520. The largest absolute Gasteiger partial charge is 0.344 e. The van der Waals surface area contributed by atoms with Crippen LogP contribution in [0.15, 0.2) is 0 Å². The van der Waals surface area contributed by atoms with Crippen molar-refractivity contribution in [2.45, 2.75) is 83.6 Å². The van der Waals surface area contributed by atoms with E-state index in [1.165, 1.54) is 57.8 Å². The van der Waals surface area contributed by atoms with Gasteiger partial charge in [-0.25, -0.2) is 0 Å². The molecule has 118 valence electrons. The minimum absolute atomic E-state index is 0.325. The third kappa shape index (κ3) is 7.88. The molecule has 1 amide bonds. The number of hydrogen-bond acceptors (Lipinski definition) is 2. The SMILES string of the molecule is CCCCCCCCCC(=O)N(C)CC1CCCCN1. The first kappa shape index (κ1) is 17.5. The van der Waals surface area contributed by atoms with E-state index in [0.29, 0.717) is 11.9 Å². The number of likely N-dealkylation sites (N-methyl/N-ethyl adjacent to an activating group) is 1. The molecule has 0 spiro atoms. The molecule has 3 nitrogen and oxygen atoms in total. The zero-order valence-corrected chi connectivity index (χ0v) is 13.6. The lowest BCUT2D eigenvalue weighted by Gasteiger charge is -2.28. The molecule has 0 radical (unpaired) electrons. The van der Waals surface area contributed by atoms with Gasteiger partial charge in [-0.2, -0.15) is 0 Å². The molecular weight excluding hydrogens is 248 g/mol. The summed E-state index contributed by atoms with van der Waals surface area (Å²) in [6.07, 6.45) is 13.5. The standard InChI is InChI=1S/C17H34N2O/c1-3-4-5-6-7-8-9-13-17(20)19(2)15-16-12-10-11-14-18-16/h16,18H,3-15H2,1-2H3. The molecule has 1 aliphatic heterocycles. The van der Waals surface area contributed by atoms with Gasteiger partial charge < -0.3 is 10.2 Å². The topological polar surface area (TPSA) is 32.3 Å². The van der Waals surface area contributed by atoms with Gasteiger partial charge in [-0.15, -0.1) is 0 Å². The molecular formula is C17H34N2O. The van der Waals surface area contributed by atoms with Crippen LogP contribution < -0.4 is 5.32 Å². The Hall–Kier alpha value is -0.570. The molecule has 1 saturated heterocycles. The summed E-state index contributed by atoms with van der Waals surface area (Å²) in [4.78, 5) is 14.0. The summed E-state index contributed by atoms with van der Waals surface area (Å²) in [5.74, 6) is 0.325. The van der Waals surface area contributed by atoms with Crippen molar-refractivity contribution in [2.24, 2.45) is 0 Å². The summed E-state index contributed by atoms with van der Waals surface area (Å²) in [5, 5.41) is 3.51. The zero-order chi connectivity index (χ0) is 14.6. The zero-order valence-electron chi connectivity index (χ0n) is 13.6. The van der Waals surface area contributed by atoms with Gasteiger partial charge in [0.25, 0.3) is 0 Å². The Morgan fingerprint density at radius 1 is 1.10 bits per heavy atom. The quantitative estimate of drug-likeness (QED) is 0.619. The molecule has 0 aromatic carbocycles. The number of unbranched alkanes of at least 4 members (excludes halogenated alkanes) is 6. The smallest absolute Gasteiger partial charge is 0.222 e. The molecule has 0 aliphatic carbocycles. The van der Waals surface area contributed by atoms with Crippen LogP contribution in [0, 0.1) is 0 Å². The Kier molecular flexibility index (Phi) is 9.73. The van der Waals surface area contributed by atoms with Crippen molar-refractivity contribution in [1.29, 1.82) is 0 Å². The number of carbonyl (C=O) groups is 1. The van der Waals surface area contributed by atoms with Crippen molar-refractivity contribution in [3.05, 3.63) is 0 Å². The van der Waals surface area contributed by atoms with Gasteiger partial charge in [-0.3, -0.25) is 4.79 Å². The fourth-order valence-electron chi connectivity index (χ4n) is 2.94. The molecule has 1 atom stereocenters. The van der Waals surface area contributed by atoms with Crippen LogP contribution in [0.2, 0.25) is 0 Å². The summed E-state index contributed by atoms with van der Waals surface area (Å²) in [6.45, 7) is 4.25. The highest BCUT2D eigenvalue weighted by atomic mass is 16.2. The highest BCUT2D eigenvalue weighted by Gasteiger charge is 2.17. The summed E-state index contributed by atoms with van der Waals surface area (Å²) in [5.41, 5.74) is 0. The fraction of sp³-hybridized carbons (Fsp3) is 0.941. The average Bonchev–Trinajstić information content (AvgIpc) is 2.47. The maximum Gasteiger partial charge on any atom is 0.222 e. The van der Waals surface area contributed by atoms with Crippen LogP contribution in [0.25, 0.3) is 0 Å². The lowest BCUT2D eigenvalue weighted by molar-refractivity contribution is -0.130. The number of nitrogens with one attached hydrogen (secondary N) is 1. The van der Waals surface area contributed by atoms with Crippen molar-refractivity contribution in [2.75, 3.05) is 20.1 Å². The minimum Gasteiger partial charge on any atom is -0.344 e. The first-order valence-corrected chi connectivity index (χ1v) is 8.71. The predicted octanol–water partition coefficient (Wildman–Crippen LogP) is 3.73. The van der Waals surface area contributed by atoms with Gasteiger partial charge in [0.15, 0.2) is 0 Å². The maximum absolute atomic E-state index is 12.1. The van der Waals surface area contributed by atoms with Gasteiger partial charge in [0.1, 0.15) is 0 Å². The highest BCUT2D eigenvalue weighted by molar-refractivity contribution is 5.75. The Balaban J connectivity index is 2.00. The molecule has 0 aromatic heterocycles. The molecule has 1 N–H and O–H groups in total. The predicted molar refractivity (Wildman–Crippen MR) is 85.9 cm³/mol. The van der Waals surface area contributed by atoms with Gasteiger partial charge in [0.2, 0.25) is 5.91 Å². The van der Waals surface area contributed by atoms with Crippen LogP contribution in [0.3, 0.4) is 0 Å². The molecule has 0 saturated carbocycles. The van der Waals surface area contributed by atoms with Gasteiger partial charge in [-0.1, -0.05) is 51.9 Å². The Morgan fingerprint density at radius 2 is 1.80 bits per heavy atom. The minimum atomic E-state index is 0.325. The third-order valence-electron chi connectivity index (χ3n) is 4.33. The van der Waals surface area contributed by atoms with Crippen molar-refractivity contribution >= 4 is 5.91 Å². The van der Waals surface area contributed by atoms with E-state index >= 15 is 0 Å². The van der Waals surface area contributed by atoms with E-state index in [-0.39, 0.29) is 0 Å². The van der Waals surface area contributed by atoms with Crippen LogP contribution in [0.5, 0.6) is 0 Å². The maximum atomic E-state index is 12.1. The molecule has 1 unspecified atom stereocenters. The van der Waals surface area contributed by atoms with Gasteiger partial charge in [0.05, 0.1) is 0 Å². The van der Waals surface area contributed by atoms with E-state index in [1.54, 1.807) is 0 Å². The van der Waals surface area contributed by atoms with Crippen molar-refractivity contribution in [3.8, 4) is 0 Å². The van der Waals surface area contributed by atoms with Crippen molar-refractivity contribution in [3.63, 3.8) is 0 Å². The Labute approximate surface area is 125 Å². The van der Waals surface area contributed by atoms with Crippen LogP contribution in [0.4, 0.5) is 0 Å². The molecule has 0 bridgehead atoms. The second-order valence-electron chi connectivity index (χ2n) is 6.29. The number of carbonyl (C=O) groups excluding carboxylic acids is 1. The lowest BCUT2D eigenvalue weighted by atomic mass is 10.0. The Morgan fingerprint density at radius 3 is 2.45 bits per heavy atom. The third-order valence-corrected chi connectivity index (χ3v) is 4.33. The number of hydrogen-bond donors (Lipinski definition) is 1.